The zero-order valence-corrected chi connectivity index (χ0v) is 17.2. The van der Waals surface area contributed by atoms with Crippen LogP contribution in [0.3, 0.4) is 0 Å². The van der Waals surface area contributed by atoms with Crippen LogP contribution in [0, 0.1) is 0 Å². The Hall–Kier alpha value is -2.39. The normalized spacial score (nSPS) is 18.4. The molecule has 152 valence electrons. The molecule has 0 saturated carbocycles. The van der Waals surface area contributed by atoms with E-state index in [2.05, 4.69) is 10.1 Å². The highest BCUT2D eigenvalue weighted by Crippen LogP contribution is 2.22. The number of methoxy groups -OCH3 is 1. The fourth-order valence-electron chi connectivity index (χ4n) is 2.95. The van der Waals surface area contributed by atoms with E-state index in [4.69, 9.17) is 0 Å². The molecule has 2 atom stereocenters. The Morgan fingerprint density at radius 3 is 2.39 bits per heavy atom. The molecule has 0 bridgehead atoms. The lowest BCUT2D eigenvalue weighted by atomic mass is 10.2. The summed E-state index contributed by atoms with van der Waals surface area (Å²) in [5.41, 5.74) is 1.00. The highest BCUT2D eigenvalue weighted by molar-refractivity contribution is 8.14. The minimum absolute atomic E-state index is 0.0308. The fourth-order valence-corrected chi connectivity index (χ4v) is 3.89. The molecule has 2 amide bonds. The third kappa shape index (κ3) is 5.56. The number of rotatable bonds is 6. The van der Waals surface area contributed by atoms with Gasteiger partial charge in [-0.25, -0.2) is 4.79 Å². The fraction of sp³-hybridized carbons (Fsp3) is 0.474. The zero-order valence-electron chi connectivity index (χ0n) is 16.4. The number of nitrogens with one attached hydrogen (secondary N) is 1. The number of ether oxygens (including phenoxy) is 1. The Bertz CT molecular complexity index is 752. The standard InChI is InChI=1S/C19H25N3O5S/c1-12(23)28-15-9-16(20-10-15)18(25)21(2)11-17(24)22(3)14-7-5-13(6-8-14)19(26)27-4/h5-8,15-16,20H,9-11H2,1-4H3/t15-,16+/m1/s1. The summed E-state index contributed by atoms with van der Waals surface area (Å²) in [5, 5.41) is 3.22. The first-order chi connectivity index (χ1) is 13.2. The van der Waals surface area contributed by atoms with Crippen LogP contribution in [0.15, 0.2) is 24.3 Å². The molecule has 1 aliphatic rings. The number of carbonyl (C=O) groups is 4. The van der Waals surface area contributed by atoms with Crippen molar-refractivity contribution in [2.75, 3.05) is 39.2 Å². The van der Waals surface area contributed by atoms with Crippen molar-refractivity contribution in [2.45, 2.75) is 24.6 Å². The number of hydrogen-bond acceptors (Lipinski definition) is 7. The molecule has 1 saturated heterocycles. The van der Waals surface area contributed by atoms with Gasteiger partial charge in [-0.1, -0.05) is 11.8 Å². The number of thioether (sulfide) groups is 1. The summed E-state index contributed by atoms with van der Waals surface area (Å²) < 4.78 is 4.65. The van der Waals surface area contributed by atoms with Crippen molar-refractivity contribution in [2.24, 2.45) is 0 Å². The van der Waals surface area contributed by atoms with E-state index in [1.807, 2.05) is 0 Å². The number of amides is 2. The van der Waals surface area contributed by atoms with E-state index in [0.717, 1.165) is 0 Å². The molecule has 0 unspecified atom stereocenters. The van der Waals surface area contributed by atoms with E-state index >= 15 is 0 Å². The topological polar surface area (TPSA) is 96.0 Å². The Morgan fingerprint density at radius 1 is 1.18 bits per heavy atom. The molecular formula is C19H25N3O5S. The SMILES string of the molecule is COC(=O)c1ccc(N(C)C(=O)CN(C)C(=O)[C@@H]2C[C@@H](SC(C)=O)CN2)cc1. The predicted octanol–water partition coefficient (Wildman–Crippen LogP) is 0.905. The molecule has 1 aliphatic heterocycles. The van der Waals surface area contributed by atoms with Crippen LogP contribution in [0.25, 0.3) is 0 Å². The lowest BCUT2D eigenvalue weighted by Gasteiger charge is -2.24. The molecular weight excluding hydrogens is 382 g/mol. The van der Waals surface area contributed by atoms with Gasteiger partial charge in [-0.2, -0.15) is 0 Å². The average Bonchev–Trinajstić information content (AvgIpc) is 3.13. The van der Waals surface area contributed by atoms with Crippen molar-refractivity contribution in [3.05, 3.63) is 29.8 Å². The maximum Gasteiger partial charge on any atom is 0.337 e. The lowest BCUT2D eigenvalue weighted by Crippen LogP contribution is -2.46. The minimum Gasteiger partial charge on any atom is -0.465 e. The summed E-state index contributed by atoms with van der Waals surface area (Å²) in [6.07, 6.45) is 0.562. The van der Waals surface area contributed by atoms with Gasteiger partial charge in [0.2, 0.25) is 11.8 Å². The molecule has 1 heterocycles. The molecule has 1 aromatic rings. The first-order valence-electron chi connectivity index (χ1n) is 8.83. The maximum absolute atomic E-state index is 12.6. The third-order valence-electron chi connectivity index (χ3n) is 4.52. The van der Waals surface area contributed by atoms with E-state index in [9.17, 15) is 19.2 Å². The second-order valence-corrected chi connectivity index (χ2v) is 8.09. The van der Waals surface area contributed by atoms with Gasteiger partial charge in [-0.05, 0) is 30.7 Å². The third-order valence-corrected chi connectivity index (χ3v) is 5.54. The van der Waals surface area contributed by atoms with Crippen molar-refractivity contribution in [1.29, 1.82) is 0 Å². The molecule has 0 aliphatic carbocycles. The van der Waals surface area contributed by atoms with Gasteiger partial charge in [0.25, 0.3) is 0 Å². The van der Waals surface area contributed by atoms with Crippen molar-refractivity contribution >= 4 is 40.3 Å². The van der Waals surface area contributed by atoms with Gasteiger partial charge in [-0.3, -0.25) is 14.4 Å². The first kappa shape index (κ1) is 21.9. The Kier molecular flexibility index (Phi) is 7.59. The number of esters is 1. The van der Waals surface area contributed by atoms with Crippen LogP contribution in [0.1, 0.15) is 23.7 Å². The monoisotopic (exact) mass is 407 g/mol. The van der Waals surface area contributed by atoms with Crippen molar-refractivity contribution in [3.63, 3.8) is 0 Å². The summed E-state index contributed by atoms with van der Waals surface area (Å²) in [6.45, 7) is 2.03. The van der Waals surface area contributed by atoms with E-state index < -0.39 is 5.97 Å². The number of nitrogens with zero attached hydrogens (tertiary/aromatic N) is 2. The molecule has 0 radical (unpaired) electrons. The largest absolute Gasteiger partial charge is 0.465 e. The van der Waals surface area contributed by atoms with Crippen LogP contribution >= 0.6 is 11.8 Å². The maximum atomic E-state index is 12.6. The molecule has 1 N–H and O–H groups in total. The number of hydrogen-bond donors (Lipinski definition) is 1. The number of likely N-dealkylation sites (N-methyl/N-ethyl adjacent to an activating group) is 2. The summed E-state index contributed by atoms with van der Waals surface area (Å²) in [5.74, 6) is -0.875. The van der Waals surface area contributed by atoms with Gasteiger partial charge < -0.3 is 19.9 Å². The average molecular weight is 407 g/mol. The van der Waals surface area contributed by atoms with Crippen LogP contribution < -0.4 is 10.2 Å². The summed E-state index contributed by atoms with van der Waals surface area (Å²) in [4.78, 5) is 50.6. The Morgan fingerprint density at radius 2 is 1.82 bits per heavy atom. The quantitative estimate of drug-likeness (QED) is 0.700. The summed E-state index contributed by atoms with van der Waals surface area (Å²) in [6, 6.07) is 6.06. The summed E-state index contributed by atoms with van der Waals surface area (Å²) >= 11 is 1.24. The minimum atomic E-state index is -0.448. The zero-order chi connectivity index (χ0) is 20.8. The molecule has 2 rings (SSSR count). The van der Waals surface area contributed by atoms with E-state index in [0.29, 0.717) is 24.2 Å². The van der Waals surface area contributed by atoms with Gasteiger partial charge >= 0.3 is 5.97 Å². The first-order valence-corrected chi connectivity index (χ1v) is 9.71. The molecule has 0 aromatic heterocycles. The highest BCUT2D eigenvalue weighted by atomic mass is 32.2. The molecule has 1 fully saturated rings. The van der Waals surface area contributed by atoms with Crippen LogP contribution in [0.4, 0.5) is 5.69 Å². The van der Waals surface area contributed by atoms with Gasteiger partial charge in [0.1, 0.15) is 0 Å². The Balaban J connectivity index is 1.91. The molecule has 1 aromatic carbocycles. The van der Waals surface area contributed by atoms with Gasteiger partial charge in [-0.15, -0.1) is 0 Å². The second-order valence-electron chi connectivity index (χ2n) is 6.61. The van der Waals surface area contributed by atoms with Gasteiger partial charge in [0.15, 0.2) is 5.12 Å². The lowest BCUT2D eigenvalue weighted by molar-refractivity contribution is -0.135. The molecule has 28 heavy (non-hydrogen) atoms. The van der Waals surface area contributed by atoms with Crippen LogP contribution in [-0.4, -0.2) is 73.4 Å². The van der Waals surface area contributed by atoms with Crippen molar-refractivity contribution < 1.29 is 23.9 Å². The van der Waals surface area contributed by atoms with E-state index in [1.165, 1.54) is 35.6 Å². The number of anilines is 1. The van der Waals surface area contributed by atoms with Gasteiger partial charge in [0.05, 0.1) is 25.3 Å². The predicted molar refractivity (Wildman–Crippen MR) is 107 cm³/mol. The van der Waals surface area contributed by atoms with Crippen LogP contribution in [0.5, 0.6) is 0 Å². The van der Waals surface area contributed by atoms with Crippen molar-refractivity contribution in [1.82, 2.24) is 10.2 Å². The van der Waals surface area contributed by atoms with Crippen LogP contribution in [-0.2, 0) is 19.1 Å². The summed E-state index contributed by atoms with van der Waals surface area (Å²) in [7, 11) is 4.50. The molecule has 9 heteroatoms. The van der Waals surface area contributed by atoms with Gasteiger partial charge in [0, 0.05) is 38.5 Å². The van der Waals surface area contributed by atoms with Crippen molar-refractivity contribution in [3.8, 4) is 0 Å². The Labute approximate surface area is 168 Å². The second kappa shape index (κ2) is 9.70. The highest BCUT2D eigenvalue weighted by Gasteiger charge is 2.33. The smallest absolute Gasteiger partial charge is 0.337 e. The number of benzene rings is 1. The molecule has 0 spiro atoms. The molecule has 8 nitrogen and oxygen atoms in total. The van der Waals surface area contributed by atoms with E-state index in [1.54, 1.807) is 38.4 Å². The van der Waals surface area contributed by atoms with Crippen LogP contribution in [0.2, 0.25) is 0 Å². The number of carbonyl (C=O) groups excluding carboxylic acids is 4. The van der Waals surface area contributed by atoms with E-state index in [-0.39, 0.29) is 34.8 Å².